The second kappa shape index (κ2) is 3.31. The Kier molecular flexibility index (Phi) is 2.30. The van der Waals surface area contributed by atoms with Crippen LogP contribution in [0, 0.1) is 13.8 Å². The molecule has 2 aromatic heterocycles. The minimum absolute atomic E-state index is 0.105. The average Bonchev–Trinajstić information content (AvgIpc) is 2.57. The van der Waals surface area contributed by atoms with Gasteiger partial charge in [0.25, 0.3) is 11.6 Å². The molecule has 0 aromatic carbocycles. The van der Waals surface area contributed by atoms with E-state index < -0.39 is 12.0 Å². The van der Waals surface area contributed by atoms with Gasteiger partial charge in [0.2, 0.25) is 0 Å². The van der Waals surface area contributed by atoms with E-state index in [-0.39, 0.29) is 10.8 Å². The molecule has 16 heavy (non-hydrogen) atoms. The highest BCUT2D eigenvalue weighted by molar-refractivity contribution is 6.31. The Morgan fingerprint density at radius 3 is 2.38 bits per heavy atom. The van der Waals surface area contributed by atoms with Gasteiger partial charge in [-0.2, -0.15) is 22.7 Å². The van der Waals surface area contributed by atoms with E-state index in [1.54, 1.807) is 13.8 Å². The van der Waals surface area contributed by atoms with Gasteiger partial charge >= 0.3 is 6.18 Å². The van der Waals surface area contributed by atoms with E-state index in [4.69, 9.17) is 11.6 Å². The first-order chi connectivity index (χ1) is 7.30. The van der Waals surface area contributed by atoms with Gasteiger partial charge in [-0.25, -0.2) is 4.98 Å². The van der Waals surface area contributed by atoms with Crippen molar-refractivity contribution >= 4 is 17.4 Å². The Hall–Kier alpha value is -1.37. The predicted molar refractivity (Wildman–Crippen MR) is 50.3 cm³/mol. The average molecular weight is 251 g/mol. The molecule has 2 heterocycles. The van der Waals surface area contributed by atoms with Gasteiger partial charge in [-0.15, -0.1) is 5.10 Å². The number of halogens is 4. The predicted octanol–water partition coefficient (Wildman–Crippen LogP) is 2.41. The van der Waals surface area contributed by atoms with Gasteiger partial charge in [-0.1, -0.05) is 11.6 Å². The molecule has 0 unspecified atom stereocenters. The van der Waals surface area contributed by atoms with Gasteiger partial charge < -0.3 is 0 Å². The molecule has 0 atom stereocenters. The smallest absolute Gasteiger partial charge is 0.215 e. The molecule has 8 heteroatoms. The fraction of sp³-hybridized carbons (Fsp3) is 0.375. The maximum atomic E-state index is 12.4. The molecule has 0 aliphatic carbocycles. The Balaban J connectivity index is 2.77. The molecule has 0 N–H and O–H groups in total. The lowest BCUT2D eigenvalue weighted by Gasteiger charge is -2.02. The van der Waals surface area contributed by atoms with E-state index in [9.17, 15) is 13.2 Å². The van der Waals surface area contributed by atoms with Crippen molar-refractivity contribution in [1.29, 1.82) is 0 Å². The van der Waals surface area contributed by atoms with Gasteiger partial charge in [0.15, 0.2) is 0 Å². The topological polar surface area (TPSA) is 43.1 Å². The summed E-state index contributed by atoms with van der Waals surface area (Å²) in [6, 6.07) is 0. The van der Waals surface area contributed by atoms with E-state index in [0.717, 1.165) is 4.52 Å². The number of nitrogens with zero attached hydrogens (tertiary/aromatic N) is 4. The summed E-state index contributed by atoms with van der Waals surface area (Å²) in [6.07, 6.45) is -4.58. The summed E-state index contributed by atoms with van der Waals surface area (Å²) < 4.78 is 38.1. The lowest BCUT2D eigenvalue weighted by molar-refractivity contribution is -0.144. The van der Waals surface area contributed by atoms with Gasteiger partial charge in [-0.05, 0) is 13.8 Å². The summed E-state index contributed by atoms with van der Waals surface area (Å²) in [5.41, 5.74) is 0.806. The molecule has 0 radical (unpaired) electrons. The third-order valence-electron chi connectivity index (χ3n) is 2.06. The fourth-order valence-electron chi connectivity index (χ4n) is 1.28. The number of alkyl halides is 3. The highest BCUT2D eigenvalue weighted by Gasteiger charge is 2.36. The van der Waals surface area contributed by atoms with Crippen LogP contribution in [0.2, 0.25) is 5.02 Å². The highest BCUT2D eigenvalue weighted by atomic mass is 35.5. The van der Waals surface area contributed by atoms with Crippen LogP contribution in [0.5, 0.6) is 0 Å². The molecule has 4 nitrogen and oxygen atoms in total. The van der Waals surface area contributed by atoms with E-state index in [1.165, 1.54) is 0 Å². The molecule has 0 fully saturated rings. The zero-order valence-corrected chi connectivity index (χ0v) is 9.06. The quantitative estimate of drug-likeness (QED) is 0.721. The molecule has 0 spiro atoms. The van der Waals surface area contributed by atoms with Crippen molar-refractivity contribution in [1.82, 2.24) is 19.6 Å². The zero-order valence-electron chi connectivity index (χ0n) is 8.30. The van der Waals surface area contributed by atoms with Crippen molar-refractivity contribution < 1.29 is 13.2 Å². The van der Waals surface area contributed by atoms with Crippen LogP contribution in [0.3, 0.4) is 0 Å². The van der Waals surface area contributed by atoms with Crippen molar-refractivity contribution in [3.8, 4) is 0 Å². The van der Waals surface area contributed by atoms with Crippen LogP contribution in [-0.2, 0) is 6.18 Å². The maximum absolute atomic E-state index is 12.4. The number of hydrogen-bond donors (Lipinski definition) is 0. The number of aryl methyl sites for hydroxylation is 2. The molecule has 2 aromatic rings. The van der Waals surface area contributed by atoms with Crippen LogP contribution in [0.4, 0.5) is 13.2 Å². The number of aromatic nitrogens is 4. The minimum atomic E-state index is -4.58. The first-order valence-corrected chi connectivity index (χ1v) is 4.65. The molecular formula is C8H6ClF3N4. The molecule has 0 saturated heterocycles. The standard InChI is InChI=1S/C8H6ClF3N4/c1-3-5(9)4(2)16-7(13-3)14-6(15-16)8(10,11)12/h1-2H3. The van der Waals surface area contributed by atoms with Crippen LogP contribution in [0.15, 0.2) is 0 Å². The van der Waals surface area contributed by atoms with Crippen molar-refractivity contribution in [3.05, 3.63) is 22.2 Å². The summed E-state index contributed by atoms with van der Waals surface area (Å²) in [5, 5.41) is 3.60. The highest BCUT2D eigenvalue weighted by Crippen LogP contribution is 2.27. The number of rotatable bonds is 0. The summed E-state index contributed by atoms with van der Waals surface area (Å²) >= 11 is 5.85. The third-order valence-corrected chi connectivity index (χ3v) is 2.61. The fourth-order valence-corrected chi connectivity index (χ4v) is 1.40. The van der Waals surface area contributed by atoms with E-state index in [0.29, 0.717) is 11.4 Å². The SMILES string of the molecule is Cc1nc2nc(C(F)(F)F)nn2c(C)c1Cl. The van der Waals surface area contributed by atoms with Crippen LogP contribution < -0.4 is 0 Å². The van der Waals surface area contributed by atoms with Gasteiger partial charge in [-0.3, -0.25) is 0 Å². The Bertz CT molecular complexity index is 560. The van der Waals surface area contributed by atoms with Crippen molar-refractivity contribution in [3.63, 3.8) is 0 Å². The molecule has 0 aliphatic heterocycles. The third kappa shape index (κ3) is 1.60. The number of hydrogen-bond acceptors (Lipinski definition) is 3. The van der Waals surface area contributed by atoms with E-state index >= 15 is 0 Å². The maximum Gasteiger partial charge on any atom is 0.453 e. The van der Waals surface area contributed by atoms with Crippen LogP contribution >= 0.6 is 11.6 Å². The van der Waals surface area contributed by atoms with Gasteiger partial charge in [0.05, 0.1) is 16.4 Å². The van der Waals surface area contributed by atoms with Gasteiger partial charge in [0.1, 0.15) is 0 Å². The largest absolute Gasteiger partial charge is 0.453 e. The Morgan fingerprint density at radius 2 is 1.81 bits per heavy atom. The van der Waals surface area contributed by atoms with Crippen LogP contribution in [0.1, 0.15) is 17.2 Å². The van der Waals surface area contributed by atoms with E-state index in [2.05, 4.69) is 15.1 Å². The van der Waals surface area contributed by atoms with Crippen molar-refractivity contribution in [2.24, 2.45) is 0 Å². The summed E-state index contributed by atoms with van der Waals surface area (Å²) in [6.45, 7) is 3.15. The number of fused-ring (bicyclic) bond motifs is 1. The molecular weight excluding hydrogens is 245 g/mol. The summed E-state index contributed by atoms with van der Waals surface area (Å²) in [4.78, 5) is 7.13. The lowest BCUT2D eigenvalue weighted by Crippen LogP contribution is -2.08. The Morgan fingerprint density at radius 1 is 1.19 bits per heavy atom. The van der Waals surface area contributed by atoms with Crippen LogP contribution in [0.25, 0.3) is 5.78 Å². The Labute approximate surface area is 93.1 Å². The molecule has 0 bridgehead atoms. The van der Waals surface area contributed by atoms with Crippen molar-refractivity contribution in [2.45, 2.75) is 20.0 Å². The molecule has 86 valence electrons. The zero-order chi connectivity index (χ0) is 12.1. The van der Waals surface area contributed by atoms with Crippen molar-refractivity contribution in [2.75, 3.05) is 0 Å². The molecule has 0 saturated carbocycles. The van der Waals surface area contributed by atoms with Gasteiger partial charge in [0, 0.05) is 0 Å². The lowest BCUT2D eigenvalue weighted by atomic mass is 10.3. The van der Waals surface area contributed by atoms with E-state index in [1.807, 2.05) is 0 Å². The summed E-state index contributed by atoms with van der Waals surface area (Å²) in [7, 11) is 0. The normalized spacial score (nSPS) is 12.4. The molecule has 0 aliphatic rings. The minimum Gasteiger partial charge on any atom is -0.215 e. The first kappa shape index (κ1) is 11.1. The molecule has 2 rings (SSSR count). The molecule has 0 amide bonds. The first-order valence-electron chi connectivity index (χ1n) is 4.27. The monoisotopic (exact) mass is 250 g/mol. The second-order valence-electron chi connectivity index (χ2n) is 3.24. The summed E-state index contributed by atoms with van der Waals surface area (Å²) in [5.74, 6) is -1.32. The second-order valence-corrected chi connectivity index (χ2v) is 3.62. The van der Waals surface area contributed by atoms with Crippen LogP contribution in [-0.4, -0.2) is 19.6 Å².